The predicted octanol–water partition coefficient (Wildman–Crippen LogP) is 6.30. The third-order valence-electron chi connectivity index (χ3n) is 4.58. The highest BCUT2D eigenvalue weighted by Gasteiger charge is 2.37. The molecule has 0 atom stereocenters. The van der Waals surface area contributed by atoms with Crippen LogP contribution in [-0.4, -0.2) is 0 Å². The van der Waals surface area contributed by atoms with Gasteiger partial charge in [-0.25, -0.2) is 8.78 Å². The molecule has 0 aliphatic heterocycles. The van der Waals surface area contributed by atoms with Crippen LogP contribution in [0.5, 0.6) is 0 Å². The largest absolute Gasteiger partial charge is 0.422 e. The second-order valence-corrected chi connectivity index (χ2v) is 6.28. The van der Waals surface area contributed by atoms with Crippen molar-refractivity contribution in [2.45, 2.75) is 51.6 Å². The topological polar surface area (TPSA) is 0 Å². The minimum Gasteiger partial charge on any atom is -0.206 e. The molecule has 0 spiro atoms. The van der Waals surface area contributed by atoms with Crippen molar-refractivity contribution in [2.24, 2.45) is 11.8 Å². The zero-order valence-corrected chi connectivity index (χ0v) is 13.1. The molecule has 23 heavy (non-hydrogen) atoms. The molecule has 0 radical (unpaired) electrons. The van der Waals surface area contributed by atoms with Gasteiger partial charge in [-0.1, -0.05) is 12.2 Å². The van der Waals surface area contributed by atoms with E-state index >= 15 is 0 Å². The van der Waals surface area contributed by atoms with Crippen molar-refractivity contribution in [1.29, 1.82) is 0 Å². The molecule has 0 bridgehead atoms. The highest BCUT2D eigenvalue weighted by Crippen LogP contribution is 2.35. The van der Waals surface area contributed by atoms with Crippen LogP contribution in [-0.2, 0) is 12.6 Å². The van der Waals surface area contributed by atoms with Gasteiger partial charge in [-0.15, -0.1) is 0 Å². The van der Waals surface area contributed by atoms with Crippen molar-refractivity contribution in [3.05, 3.63) is 47.0 Å². The van der Waals surface area contributed by atoms with Gasteiger partial charge in [0.25, 0.3) is 0 Å². The highest BCUT2D eigenvalue weighted by atomic mass is 19.4. The molecule has 1 aromatic carbocycles. The molecule has 1 saturated carbocycles. The van der Waals surface area contributed by atoms with E-state index in [9.17, 15) is 22.0 Å². The molecule has 0 heterocycles. The van der Waals surface area contributed by atoms with Crippen LogP contribution in [0.2, 0.25) is 0 Å². The Morgan fingerprint density at radius 2 is 1.61 bits per heavy atom. The molecule has 2 rings (SSSR count). The summed E-state index contributed by atoms with van der Waals surface area (Å²) in [5, 5.41) is 0. The Bertz CT molecular complexity index is 528. The average Bonchev–Trinajstić information content (AvgIpc) is 2.44. The number of halogens is 5. The summed E-state index contributed by atoms with van der Waals surface area (Å²) in [6.45, 7) is 2.00. The van der Waals surface area contributed by atoms with E-state index in [0.717, 1.165) is 44.2 Å². The van der Waals surface area contributed by atoms with E-state index in [4.69, 9.17) is 0 Å². The van der Waals surface area contributed by atoms with Gasteiger partial charge in [-0.3, -0.25) is 0 Å². The molecular weight excluding hydrogens is 311 g/mol. The van der Waals surface area contributed by atoms with Gasteiger partial charge >= 0.3 is 6.18 Å². The summed E-state index contributed by atoms with van der Waals surface area (Å²) in [6.07, 6.45) is 4.74. The van der Waals surface area contributed by atoms with Crippen LogP contribution < -0.4 is 0 Å². The Morgan fingerprint density at radius 3 is 2.09 bits per heavy atom. The molecule has 5 heteroatoms. The lowest BCUT2D eigenvalue weighted by atomic mass is 9.79. The van der Waals surface area contributed by atoms with Crippen molar-refractivity contribution < 1.29 is 22.0 Å². The minimum atomic E-state index is -5.00. The van der Waals surface area contributed by atoms with Crippen molar-refractivity contribution in [3.8, 4) is 0 Å². The second-order valence-electron chi connectivity index (χ2n) is 6.28. The summed E-state index contributed by atoms with van der Waals surface area (Å²) >= 11 is 0. The normalized spacial score (nSPS) is 22.7. The molecule has 1 fully saturated rings. The second kappa shape index (κ2) is 7.45. The first kappa shape index (κ1) is 18.0. The smallest absolute Gasteiger partial charge is 0.206 e. The van der Waals surface area contributed by atoms with Gasteiger partial charge in [0.2, 0.25) is 0 Å². The van der Waals surface area contributed by atoms with Crippen LogP contribution in [0.25, 0.3) is 0 Å². The summed E-state index contributed by atoms with van der Waals surface area (Å²) in [4.78, 5) is 0. The Labute approximate surface area is 133 Å². The number of benzene rings is 1. The third kappa shape index (κ3) is 4.79. The number of hydrogen-bond donors (Lipinski definition) is 0. The molecule has 0 N–H and O–H groups in total. The fourth-order valence-corrected chi connectivity index (χ4v) is 3.35. The fraction of sp³-hybridized carbons (Fsp3) is 0.556. The molecule has 1 aromatic rings. The molecule has 1 aliphatic rings. The van der Waals surface area contributed by atoms with Crippen molar-refractivity contribution in [2.75, 3.05) is 0 Å². The van der Waals surface area contributed by atoms with Gasteiger partial charge in [-0.05, 0) is 75.0 Å². The summed E-state index contributed by atoms with van der Waals surface area (Å²) in [7, 11) is 0. The van der Waals surface area contributed by atoms with Gasteiger partial charge in [0, 0.05) is 0 Å². The van der Waals surface area contributed by atoms with E-state index in [1.54, 1.807) is 0 Å². The number of hydrogen-bond acceptors (Lipinski definition) is 0. The van der Waals surface area contributed by atoms with Crippen LogP contribution >= 0.6 is 0 Å². The van der Waals surface area contributed by atoms with Crippen LogP contribution in [0.15, 0.2) is 24.3 Å². The first-order valence-electron chi connectivity index (χ1n) is 7.99. The first-order chi connectivity index (χ1) is 10.8. The average molecular weight is 332 g/mol. The van der Waals surface area contributed by atoms with Crippen LogP contribution in [0, 0.1) is 23.5 Å². The van der Waals surface area contributed by atoms with Gasteiger partial charge in [0.05, 0.1) is 0 Å². The minimum absolute atomic E-state index is 0.295. The molecule has 0 unspecified atom stereocenters. The maximum absolute atomic E-state index is 13.5. The highest BCUT2D eigenvalue weighted by molar-refractivity contribution is 5.28. The maximum atomic E-state index is 13.5. The van der Waals surface area contributed by atoms with Crippen molar-refractivity contribution in [1.82, 2.24) is 0 Å². The summed E-state index contributed by atoms with van der Waals surface area (Å²) in [5.41, 5.74) is -1.50. The Kier molecular flexibility index (Phi) is 5.82. The zero-order chi connectivity index (χ0) is 17.0. The first-order valence-corrected chi connectivity index (χ1v) is 7.99. The van der Waals surface area contributed by atoms with E-state index in [2.05, 4.69) is 12.2 Å². The van der Waals surface area contributed by atoms with Crippen LogP contribution in [0.3, 0.4) is 0 Å². The Morgan fingerprint density at radius 1 is 1.04 bits per heavy atom. The van der Waals surface area contributed by atoms with Crippen molar-refractivity contribution >= 4 is 0 Å². The molecule has 0 amide bonds. The number of allylic oxidation sites excluding steroid dienone is 2. The van der Waals surface area contributed by atoms with E-state index in [-0.39, 0.29) is 0 Å². The predicted molar refractivity (Wildman–Crippen MR) is 79.9 cm³/mol. The van der Waals surface area contributed by atoms with E-state index in [1.165, 1.54) is 0 Å². The third-order valence-corrected chi connectivity index (χ3v) is 4.58. The van der Waals surface area contributed by atoms with Gasteiger partial charge < -0.3 is 0 Å². The Balaban J connectivity index is 1.95. The molecule has 128 valence electrons. The van der Waals surface area contributed by atoms with Crippen molar-refractivity contribution in [3.63, 3.8) is 0 Å². The van der Waals surface area contributed by atoms with Gasteiger partial charge in [-0.2, -0.15) is 13.2 Å². The van der Waals surface area contributed by atoms with Gasteiger partial charge in [0.15, 0.2) is 0 Å². The molecule has 0 nitrogen and oxygen atoms in total. The monoisotopic (exact) mass is 332 g/mol. The summed E-state index contributed by atoms with van der Waals surface area (Å²) in [5.74, 6) is -1.96. The number of rotatable bonds is 4. The summed E-state index contributed by atoms with van der Waals surface area (Å²) in [6, 6.07) is 1.63. The Hall–Kier alpha value is -1.39. The van der Waals surface area contributed by atoms with Crippen LogP contribution in [0.4, 0.5) is 22.0 Å². The zero-order valence-electron chi connectivity index (χ0n) is 13.1. The SMILES string of the molecule is C/C=C/C1CCC(CCc2cc(F)c(C(F)(F)F)c(F)c2)CC1. The fourth-order valence-electron chi connectivity index (χ4n) is 3.35. The number of alkyl halides is 3. The molecule has 1 aliphatic carbocycles. The molecule has 0 saturated heterocycles. The van der Waals surface area contributed by atoms with E-state index in [1.807, 2.05) is 6.92 Å². The summed E-state index contributed by atoms with van der Waals surface area (Å²) < 4.78 is 64.7. The lowest BCUT2D eigenvalue weighted by molar-refractivity contribution is -0.142. The standard InChI is InChI=1S/C18H21F5/c1-2-3-12-4-6-13(7-5-12)8-9-14-10-15(19)17(16(20)11-14)18(21,22)23/h2-3,10-13H,4-9H2,1H3/b3-2+. The molecular formula is C18H21F5. The van der Waals surface area contributed by atoms with E-state index in [0.29, 0.717) is 23.8 Å². The molecule has 0 aromatic heterocycles. The lowest BCUT2D eigenvalue weighted by Gasteiger charge is -2.26. The quantitative estimate of drug-likeness (QED) is 0.448. The van der Waals surface area contributed by atoms with E-state index < -0.39 is 23.4 Å². The van der Waals surface area contributed by atoms with Crippen LogP contribution in [0.1, 0.15) is 50.2 Å². The maximum Gasteiger partial charge on any atom is 0.422 e. The lowest BCUT2D eigenvalue weighted by Crippen LogP contribution is -2.14. The van der Waals surface area contributed by atoms with Gasteiger partial charge in [0.1, 0.15) is 17.2 Å². The number of aryl methyl sites for hydroxylation is 1.